The molecule has 0 aliphatic heterocycles. The highest BCUT2D eigenvalue weighted by atomic mass is 15.1. The van der Waals surface area contributed by atoms with Crippen LogP contribution in [0.25, 0.3) is 66.8 Å². The quantitative estimate of drug-likeness (QED) is 0.148. The topological polar surface area (TPSA) is 3.24 Å². The summed E-state index contributed by atoms with van der Waals surface area (Å²) in [5.74, 6) is 1.47. The molecule has 9 aromatic rings. The number of nitrogens with zero attached hydrogens (tertiary/aromatic N) is 1. The summed E-state index contributed by atoms with van der Waals surface area (Å²) in [4.78, 5) is 2.61. The number of benzene rings is 9. The molecular weight excluding hydrogens is 747 g/mol. The van der Waals surface area contributed by atoms with Gasteiger partial charge in [0.05, 0.1) is 11.4 Å². The first-order valence-corrected chi connectivity index (χ1v) is 22.4. The Bertz CT molecular complexity index is 3040. The molecule has 3 aliphatic carbocycles. The first-order chi connectivity index (χ1) is 30.7. The highest BCUT2D eigenvalue weighted by Gasteiger charge is 2.57. The molecule has 9 aromatic carbocycles. The zero-order chi connectivity index (χ0) is 41.0. The van der Waals surface area contributed by atoms with Crippen molar-refractivity contribution in [1.29, 1.82) is 0 Å². The molecule has 3 aliphatic rings. The Hall–Kier alpha value is -7.22. The molecule has 0 saturated heterocycles. The number of fused-ring (bicyclic) bond motifs is 8. The third kappa shape index (κ3) is 5.91. The molecule has 0 aromatic heterocycles. The van der Waals surface area contributed by atoms with Crippen molar-refractivity contribution < 1.29 is 0 Å². The van der Waals surface area contributed by atoms with Gasteiger partial charge in [-0.1, -0.05) is 201 Å². The first kappa shape index (κ1) is 36.6. The van der Waals surface area contributed by atoms with Crippen LogP contribution in [-0.4, -0.2) is 0 Å². The molecule has 1 spiro atoms. The summed E-state index contributed by atoms with van der Waals surface area (Å²) in [5, 5.41) is 0. The maximum absolute atomic E-state index is 2.61. The van der Waals surface area contributed by atoms with Crippen LogP contribution in [0.1, 0.15) is 36.8 Å². The lowest BCUT2D eigenvalue weighted by Gasteiger charge is -2.37. The lowest BCUT2D eigenvalue weighted by atomic mass is 9.67. The van der Waals surface area contributed by atoms with Gasteiger partial charge in [0.2, 0.25) is 0 Å². The van der Waals surface area contributed by atoms with E-state index >= 15 is 0 Å². The van der Waals surface area contributed by atoms with E-state index in [1.165, 1.54) is 109 Å². The summed E-state index contributed by atoms with van der Waals surface area (Å²) in [6.07, 6.45) is 5.27. The van der Waals surface area contributed by atoms with Gasteiger partial charge < -0.3 is 4.90 Å². The predicted octanol–water partition coefficient (Wildman–Crippen LogP) is 16.6. The molecule has 1 nitrogen and oxygen atoms in total. The fraction of sp³-hybridized carbons (Fsp3) is 0.115. The molecular formula is C61H47N. The highest BCUT2D eigenvalue weighted by molar-refractivity contribution is 6.01. The van der Waals surface area contributed by atoms with Crippen molar-refractivity contribution in [3.63, 3.8) is 0 Å². The van der Waals surface area contributed by atoms with Crippen molar-refractivity contribution in [2.45, 2.75) is 31.1 Å². The van der Waals surface area contributed by atoms with E-state index in [0.29, 0.717) is 5.92 Å². The van der Waals surface area contributed by atoms with Gasteiger partial charge in [0.25, 0.3) is 0 Å². The van der Waals surface area contributed by atoms with E-state index in [0.717, 1.165) is 17.3 Å². The molecule has 2 bridgehead atoms. The normalized spacial score (nSPS) is 18.1. The van der Waals surface area contributed by atoms with E-state index in [-0.39, 0.29) is 5.41 Å². The van der Waals surface area contributed by atoms with Crippen LogP contribution in [0, 0.1) is 11.8 Å². The van der Waals surface area contributed by atoms with Crippen molar-refractivity contribution in [3.8, 4) is 66.8 Å². The van der Waals surface area contributed by atoms with Gasteiger partial charge in [-0.2, -0.15) is 0 Å². The van der Waals surface area contributed by atoms with Crippen LogP contribution in [0.15, 0.2) is 224 Å². The molecule has 62 heavy (non-hydrogen) atoms. The Kier molecular flexibility index (Phi) is 8.89. The Morgan fingerprint density at radius 2 is 0.839 bits per heavy atom. The molecule has 0 N–H and O–H groups in total. The number of hydrogen-bond acceptors (Lipinski definition) is 1. The number of anilines is 3. The molecule has 296 valence electrons. The van der Waals surface area contributed by atoms with Crippen molar-refractivity contribution in [2.24, 2.45) is 11.8 Å². The summed E-state index contributed by atoms with van der Waals surface area (Å²) < 4.78 is 0. The van der Waals surface area contributed by atoms with Gasteiger partial charge in [0.15, 0.2) is 0 Å². The second kappa shape index (κ2) is 15.0. The Balaban J connectivity index is 1.14. The number of para-hydroxylation sites is 1. The minimum atomic E-state index is 0.0604. The Morgan fingerprint density at radius 1 is 0.355 bits per heavy atom. The molecule has 0 amide bonds. The van der Waals surface area contributed by atoms with Crippen molar-refractivity contribution in [2.75, 3.05) is 4.90 Å². The van der Waals surface area contributed by atoms with Crippen LogP contribution in [-0.2, 0) is 5.41 Å². The van der Waals surface area contributed by atoms with Gasteiger partial charge >= 0.3 is 0 Å². The minimum absolute atomic E-state index is 0.0604. The molecule has 1 heteroatoms. The highest BCUT2D eigenvalue weighted by Crippen LogP contribution is 2.67. The number of rotatable bonds is 8. The second-order valence-electron chi connectivity index (χ2n) is 17.6. The Morgan fingerprint density at radius 3 is 1.45 bits per heavy atom. The predicted molar refractivity (Wildman–Crippen MR) is 260 cm³/mol. The number of hydrogen-bond donors (Lipinski definition) is 0. The lowest BCUT2D eigenvalue weighted by molar-refractivity contribution is 0.327. The van der Waals surface area contributed by atoms with Crippen LogP contribution < -0.4 is 4.90 Å². The van der Waals surface area contributed by atoms with Gasteiger partial charge in [-0.05, 0) is 128 Å². The van der Waals surface area contributed by atoms with Crippen LogP contribution in [0.5, 0.6) is 0 Å². The first-order valence-electron chi connectivity index (χ1n) is 22.4. The fourth-order valence-electron chi connectivity index (χ4n) is 11.8. The van der Waals surface area contributed by atoms with E-state index in [1.54, 1.807) is 0 Å². The van der Waals surface area contributed by atoms with Gasteiger partial charge in [-0.3, -0.25) is 0 Å². The SMILES string of the molecule is c1ccc(-c2cc(-c3ccccc3)cc(N(c3ccccc3-c3ccccc3-c3ccccc3-c3ccccc3)c3cccc4c3-c3ccccc3C43CC4CCC3C4)c2)cc1. The third-order valence-corrected chi connectivity index (χ3v) is 14.3. The zero-order valence-electron chi connectivity index (χ0n) is 34.8. The molecule has 3 unspecified atom stereocenters. The second-order valence-corrected chi connectivity index (χ2v) is 17.6. The lowest BCUT2D eigenvalue weighted by Crippen LogP contribution is -2.31. The van der Waals surface area contributed by atoms with Gasteiger partial charge in [-0.25, -0.2) is 0 Å². The smallest absolute Gasteiger partial charge is 0.0543 e. The van der Waals surface area contributed by atoms with E-state index < -0.39 is 0 Å². The molecule has 3 atom stereocenters. The van der Waals surface area contributed by atoms with Gasteiger partial charge in [0, 0.05) is 22.2 Å². The summed E-state index contributed by atoms with van der Waals surface area (Å²) in [6, 6.07) is 83.4. The minimum Gasteiger partial charge on any atom is -0.309 e. The molecule has 12 rings (SSSR count). The van der Waals surface area contributed by atoms with Gasteiger partial charge in [-0.15, -0.1) is 0 Å². The van der Waals surface area contributed by atoms with Crippen molar-refractivity contribution >= 4 is 17.1 Å². The fourth-order valence-corrected chi connectivity index (χ4v) is 11.8. The van der Waals surface area contributed by atoms with Gasteiger partial charge in [0.1, 0.15) is 0 Å². The average molecular weight is 794 g/mol. The maximum atomic E-state index is 2.61. The van der Waals surface area contributed by atoms with Crippen LogP contribution in [0.3, 0.4) is 0 Å². The van der Waals surface area contributed by atoms with E-state index in [1.807, 2.05) is 0 Å². The molecule has 2 saturated carbocycles. The van der Waals surface area contributed by atoms with Crippen LogP contribution in [0.2, 0.25) is 0 Å². The van der Waals surface area contributed by atoms with Crippen molar-refractivity contribution in [1.82, 2.24) is 0 Å². The zero-order valence-corrected chi connectivity index (χ0v) is 34.8. The summed E-state index contributed by atoms with van der Waals surface area (Å²) >= 11 is 0. The monoisotopic (exact) mass is 793 g/mol. The summed E-state index contributed by atoms with van der Waals surface area (Å²) in [5.41, 5.74) is 21.5. The average Bonchev–Trinajstić information content (AvgIpc) is 4.05. The van der Waals surface area contributed by atoms with Crippen molar-refractivity contribution in [3.05, 3.63) is 236 Å². The molecule has 0 radical (unpaired) electrons. The summed E-state index contributed by atoms with van der Waals surface area (Å²) in [7, 11) is 0. The van der Waals surface area contributed by atoms with E-state index in [2.05, 4.69) is 229 Å². The largest absolute Gasteiger partial charge is 0.309 e. The van der Waals surface area contributed by atoms with E-state index in [9.17, 15) is 0 Å². The molecule has 0 heterocycles. The van der Waals surface area contributed by atoms with Crippen LogP contribution in [0.4, 0.5) is 17.1 Å². The van der Waals surface area contributed by atoms with E-state index in [4.69, 9.17) is 0 Å². The Labute approximate surface area is 365 Å². The standard InChI is InChI=1S/C61H47N/c1-4-19-43(20-5-1)46-38-47(44-21-6-2-7-22-44)40-49(39-46)62(59-34-18-32-57-60(59)55-30-14-16-31-56(55)61(57)41-42-35-36-48(61)37-42)58-33-17-15-29-54(58)53-28-13-12-27-52(53)51-26-11-10-25-50(51)45-23-8-3-9-24-45/h1-34,38-40,42,48H,35-37,41H2. The third-order valence-electron chi connectivity index (χ3n) is 14.3. The summed E-state index contributed by atoms with van der Waals surface area (Å²) in [6.45, 7) is 0. The molecule has 2 fully saturated rings. The maximum Gasteiger partial charge on any atom is 0.0543 e. The van der Waals surface area contributed by atoms with Crippen LogP contribution >= 0.6 is 0 Å².